The van der Waals surface area contributed by atoms with Crippen LogP contribution in [0.15, 0.2) is 30.3 Å². The second kappa shape index (κ2) is 11.3. The molecule has 0 spiro atoms. The molecule has 0 saturated heterocycles. The Bertz CT molecular complexity index is 202. The van der Waals surface area contributed by atoms with Gasteiger partial charge in [0.2, 0.25) is 0 Å². The fraction of sp³-hybridized carbons (Fsp3) is 0.571. The van der Waals surface area contributed by atoms with Crippen molar-refractivity contribution in [2.75, 3.05) is 13.6 Å². The Labute approximate surface area is 94.9 Å². The predicted molar refractivity (Wildman–Crippen MR) is 69.3 cm³/mol. The van der Waals surface area contributed by atoms with E-state index in [2.05, 4.69) is 49.5 Å². The molecule has 0 saturated carbocycles. The molecule has 0 heterocycles. The lowest BCUT2D eigenvalue weighted by Gasteiger charge is -1.93. The van der Waals surface area contributed by atoms with Gasteiger partial charge >= 0.3 is 0 Å². The van der Waals surface area contributed by atoms with Crippen LogP contribution in [0, 0.1) is 0 Å². The van der Waals surface area contributed by atoms with E-state index in [1.807, 2.05) is 7.05 Å². The van der Waals surface area contributed by atoms with E-state index in [1.165, 1.54) is 31.2 Å². The molecule has 0 fully saturated rings. The first-order valence-corrected chi connectivity index (χ1v) is 6.03. The van der Waals surface area contributed by atoms with Gasteiger partial charge in [0, 0.05) is 0 Å². The zero-order chi connectivity index (χ0) is 11.4. The maximum absolute atomic E-state index is 3.07. The maximum atomic E-state index is 3.07. The number of hydrogen-bond acceptors (Lipinski definition) is 1. The third-order valence-electron chi connectivity index (χ3n) is 2.16. The molecule has 0 unspecified atom stereocenters. The quantitative estimate of drug-likeness (QED) is 0.727. The van der Waals surface area contributed by atoms with Gasteiger partial charge in [-0.25, -0.2) is 0 Å². The van der Waals surface area contributed by atoms with E-state index in [0.29, 0.717) is 0 Å². The summed E-state index contributed by atoms with van der Waals surface area (Å²) in [5.41, 5.74) is 1.44. The molecule has 0 aliphatic rings. The average Bonchev–Trinajstić information content (AvgIpc) is 2.29. The van der Waals surface area contributed by atoms with Gasteiger partial charge in [-0.15, -0.1) is 0 Å². The Balaban J connectivity index is 0.000000288. The second-order valence-electron chi connectivity index (χ2n) is 3.69. The SMILES string of the molecule is CCCCNC.CCCc1ccccc1. The molecule has 0 aromatic heterocycles. The van der Waals surface area contributed by atoms with Crippen LogP contribution in [-0.4, -0.2) is 13.6 Å². The molecule has 0 aliphatic heterocycles. The summed E-state index contributed by atoms with van der Waals surface area (Å²) in [6.07, 6.45) is 5.04. The van der Waals surface area contributed by atoms with E-state index in [1.54, 1.807) is 0 Å². The summed E-state index contributed by atoms with van der Waals surface area (Å²) in [4.78, 5) is 0. The van der Waals surface area contributed by atoms with E-state index in [4.69, 9.17) is 0 Å². The van der Waals surface area contributed by atoms with Crippen LogP contribution >= 0.6 is 0 Å². The third-order valence-corrected chi connectivity index (χ3v) is 2.16. The van der Waals surface area contributed by atoms with E-state index in [9.17, 15) is 0 Å². The van der Waals surface area contributed by atoms with Crippen molar-refractivity contribution in [2.24, 2.45) is 0 Å². The van der Waals surface area contributed by atoms with E-state index in [-0.39, 0.29) is 0 Å². The molecule has 0 radical (unpaired) electrons. The van der Waals surface area contributed by atoms with E-state index < -0.39 is 0 Å². The fourth-order valence-electron chi connectivity index (χ4n) is 1.29. The van der Waals surface area contributed by atoms with Crippen LogP contribution in [0.3, 0.4) is 0 Å². The lowest BCUT2D eigenvalue weighted by molar-refractivity contribution is 0.711. The second-order valence-corrected chi connectivity index (χ2v) is 3.69. The zero-order valence-corrected chi connectivity index (χ0v) is 10.4. The third kappa shape index (κ3) is 9.48. The van der Waals surface area contributed by atoms with Crippen LogP contribution in [0.5, 0.6) is 0 Å². The molecule has 0 bridgehead atoms. The van der Waals surface area contributed by atoms with Crippen molar-refractivity contribution in [1.82, 2.24) is 5.32 Å². The van der Waals surface area contributed by atoms with Crippen LogP contribution in [-0.2, 0) is 6.42 Å². The number of aryl methyl sites for hydroxylation is 1. The average molecular weight is 207 g/mol. The molecule has 0 amide bonds. The van der Waals surface area contributed by atoms with Crippen molar-refractivity contribution in [3.05, 3.63) is 35.9 Å². The summed E-state index contributed by atoms with van der Waals surface area (Å²) in [6, 6.07) is 10.6. The number of hydrogen-bond donors (Lipinski definition) is 1. The van der Waals surface area contributed by atoms with Gasteiger partial charge in [0.25, 0.3) is 0 Å². The van der Waals surface area contributed by atoms with Crippen molar-refractivity contribution in [2.45, 2.75) is 39.5 Å². The lowest BCUT2D eigenvalue weighted by Crippen LogP contribution is -2.06. The van der Waals surface area contributed by atoms with Crippen LogP contribution in [0.4, 0.5) is 0 Å². The predicted octanol–water partition coefficient (Wildman–Crippen LogP) is 3.65. The first-order chi connectivity index (χ1) is 7.35. The van der Waals surface area contributed by atoms with Gasteiger partial charge in [-0.3, -0.25) is 0 Å². The molecule has 1 aromatic carbocycles. The highest BCUT2D eigenvalue weighted by atomic mass is 14.8. The van der Waals surface area contributed by atoms with E-state index >= 15 is 0 Å². The summed E-state index contributed by atoms with van der Waals surface area (Å²) < 4.78 is 0. The lowest BCUT2D eigenvalue weighted by atomic mass is 10.1. The van der Waals surface area contributed by atoms with Crippen molar-refractivity contribution in [3.8, 4) is 0 Å². The zero-order valence-electron chi connectivity index (χ0n) is 10.4. The minimum absolute atomic E-state index is 1.16. The van der Waals surface area contributed by atoms with Crippen molar-refractivity contribution in [3.63, 3.8) is 0 Å². The molecule has 0 atom stereocenters. The standard InChI is InChI=1S/C9H12.C5H13N/c1-2-6-9-7-4-3-5-8-9;1-3-4-5-6-2/h3-5,7-8H,2,6H2,1H3;6H,3-5H2,1-2H3. The highest BCUT2D eigenvalue weighted by Gasteiger charge is 1.84. The van der Waals surface area contributed by atoms with Crippen LogP contribution < -0.4 is 5.32 Å². The summed E-state index contributed by atoms with van der Waals surface area (Å²) in [5, 5.41) is 3.07. The van der Waals surface area contributed by atoms with Crippen molar-refractivity contribution in [1.29, 1.82) is 0 Å². The van der Waals surface area contributed by atoms with Crippen LogP contribution in [0.25, 0.3) is 0 Å². The molecule has 0 aliphatic carbocycles. The molecular weight excluding hydrogens is 182 g/mol. The molecule has 1 aromatic rings. The van der Waals surface area contributed by atoms with E-state index in [0.717, 1.165) is 6.54 Å². The van der Waals surface area contributed by atoms with Gasteiger partial charge in [-0.05, 0) is 32.0 Å². The summed E-state index contributed by atoms with van der Waals surface area (Å²) in [5.74, 6) is 0. The summed E-state index contributed by atoms with van der Waals surface area (Å²) in [6.45, 7) is 5.56. The number of nitrogens with one attached hydrogen (secondary N) is 1. The Kier molecular flexibility index (Phi) is 10.6. The number of benzene rings is 1. The summed E-state index contributed by atoms with van der Waals surface area (Å²) in [7, 11) is 1.98. The first kappa shape index (κ1) is 14.2. The molecule has 1 heteroatoms. The van der Waals surface area contributed by atoms with Gasteiger partial charge in [0.15, 0.2) is 0 Å². The molecular formula is C14H25N. The molecule has 1 nitrogen and oxygen atoms in total. The summed E-state index contributed by atoms with van der Waals surface area (Å²) >= 11 is 0. The monoisotopic (exact) mass is 207 g/mol. The Hall–Kier alpha value is -0.820. The highest BCUT2D eigenvalue weighted by molar-refractivity contribution is 5.14. The van der Waals surface area contributed by atoms with Gasteiger partial charge in [0.1, 0.15) is 0 Å². The Morgan fingerprint density at radius 1 is 1.00 bits per heavy atom. The van der Waals surface area contributed by atoms with Crippen LogP contribution in [0.1, 0.15) is 38.7 Å². The Morgan fingerprint density at radius 3 is 2.07 bits per heavy atom. The topological polar surface area (TPSA) is 12.0 Å². The number of rotatable bonds is 5. The largest absolute Gasteiger partial charge is 0.320 e. The normalized spacial score (nSPS) is 9.27. The van der Waals surface area contributed by atoms with Gasteiger partial charge < -0.3 is 5.32 Å². The fourth-order valence-corrected chi connectivity index (χ4v) is 1.29. The first-order valence-electron chi connectivity index (χ1n) is 6.03. The molecule has 1 N–H and O–H groups in total. The molecule has 86 valence electrons. The van der Waals surface area contributed by atoms with Crippen molar-refractivity contribution >= 4 is 0 Å². The number of unbranched alkanes of at least 4 members (excludes halogenated alkanes) is 1. The van der Waals surface area contributed by atoms with Gasteiger partial charge in [-0.2, -0.15) is 0 Å². The van der Waals surface area contributed by atoms with Crippen LogP contribution in [0.2, 0.25) is 0 Å². The van der Waals surface area contributed by atoms with Gasteiger partial charge in [-0.1, -0.05) is 57.0 Å². The Morgan fingerprint density at radius 2 is 1.67 bits per heavy atom. The molecule has 1 rings (SSSR count). The minimum atomic E-state index is 1.16. The highest BCUT2D eigenvalue weighted by Crippen LogP contribution is 2.00. The smallest absolute Gasteiger partial charge is 0.00520 e. The minimum Gasteiger partial charge on any atom is -0.320 e. The van der Waals surface area contributed by atoms with Gasteiger partial charge in [0.05, 0.1) is 0 Å². The molecule has 15 heavy (non-hydrogen) atoms. The van der Waals surface area contributed by atoms with Crippen molar-refractivity contribution < 1.29 is 0 Å². The maximum Gasteiger partial charge on any atom is -0.00520 e.